The molecule has 2 N–H and O–H groups in total. The molecule has 0 atom stereocenters. The maximum Gasteiger partial charge on any atom is 0.338 e. The molecule has 0 radical (unpaired) electrons. The number of nitrogens with zero attached hydrogens (tertiary/aromatic N) is 1. The molecular formula is C27H30F2N2O5S2. The number of nitrogens with one attached hydrogen (secondary N) is 1. The number of hydrogen-bond acceptors (Lipinski definition) is 6. The van der Waals surface area contributed by atoms with Gasteiger partial charge in [-0.25, -0.2) is 18.6 Å². The van der Waals surface area contributed by atoms with Crippen molar-refractivity contribution in [2.24, 2.45) is 11.8 Å². The van der Waals surface area contributed by atoms with E-state index < -0.39 is 33.2 Å². The number of carboxylic acids is 1. The maximum absolute atomic E-state index is 15.5. The molecule has 3 aromatic rings. The number of hydrogen-bond donors (Lipinski definition) is 2. The topological polar surface area (TPSA) is 106 Å². The minimum atomic E-state index is -4.31. The zero-order valence-corrected chi connectivity index (χ0v) is 23.2. The molecule has 204 valence electrons. The molecule has 1 fully saturated rings. The molecule has 1 saturated carbocycles. The Kier molecular flexibility index (Phi) is 8.08. The van der Waals surface area contributed by atoms with Crippen LogP contribution in [0.4, 0.5) is 14.5 Å². The van der Waals surface area contributed by atoms with E-state index in [9.17, 15) is 17.6 Å². The van der Waals surface area contributed by atoms with Crippen LogP contribution in [0.3, 0.4) is 0 Å². The molecule has 1 aromatic heterocycles. The normalized spacial score (nSPS) is 18.0. The highest BCUT2D eigenvalue weighted by atomic mass is 32.2. The average Bonchev–Trinajstić information content (AvgIpc) is 3.36. The van der Waals surface area contributed by atoms with Crippen molar-refractivity contribution in [3.63, 3.8) is 0 Å². The van der Waals surface area contributed by atoms with Crippen molar-refractivity contribution in [1.29, 1.82) is 0 Å². The third-order valence-electron chi connectivity index (χ3n) is 7.34. The molecule has 2 aromatic carbocycles. The SMILES string of the molecule is COc1cc(C(=O)O)c(F)cc1NS(=O)(=O)c1csc(-c2ccc(C3CCC(C(C)C)CC3)c(C)c2F)n1. The molecule has 0 spiro atoms. The van der Waals surface area contributed by atoms with Crippen LogP contribution in [-0.2, 0) is 10.0 Å². The number of ether oxygens (including phenoxy) is 1. The summed E-state index contributed by atoms with van der Waals surface area (Å²) in [5, 5.41) is 10.2. The predicted octanol–water partition coefficient (Wildman–Crippen LogP) is 6.83. The van der Waals surface area contributed by atoms with E-state index in [0.717, 1.165) is 54.7 Å². The summed E-state index contributed by atoms with van der Waals surface area (Å²) in [6.45, 7) is 6.23. The highest BCUT2D eigenvalue weighted by Crippen LogP contribution is 2.41. The quantitative estimate of drug-likeness (QED) is 0.311. The number of aromatic carboxylic acids is 1. The number of halogens is 2. The summed E-state index contributed by atoms with van der Waals surface area (Å²) >= 11 is 0.974. The Morgan fingerprint density at radius 2 is 1.87 bits per heavy atom. The lowest BCUT2D eigenvalue weighted by Gasteiger charge is -2.32. The molecule has 0 bridgehead atoms. The van der Waals surface area contributed by atoms with Gasteiger partial charge in [-0.1, -0.05) is 19.9 Å². The summed E-state index contributed by atoms with van der Waals surface area (Å²) in [7, 11) is -3.11. The number of aromatic nitrogens is 1. The first-order chi connectivity index (χ1) is 17.9. The van der Waals surface area contributed by atoms with Crippen molar-refractivity contribution in [1.82, 2.24) is 4.98 Å². The van der Waals surface area contributed by atoms with E-state index in [1.807, 2.05) is 6.07 Å². The fourth-order valence-corrected chi connectivity index (χ4v) is 7.25. The van der Waals surface area contributed by atoms with Gasteiger partial charge in [0, 0.05) is 17.0 Å². The summed E-state index contributed by atoms with van der Waals surface area (Å²) in [5.41, 5.74) is 0.791. The van der Waals surface area contributed by atoms with E-state index in [2.05, 4.69) is 23.6 Å². The van der Waals surface area contributed by atoms with Gasteiger partial charge in [-0.3, -0.25) is 4.72 Å². The second kappa shape index (κ2) is 11.0. The molecule has 0 unspecified atom stereocenters. The van der Waals surface area contributed by atoms with Crippen molar-refractivity contribution >= 4 is 33.0 Å². The molecule has 4 rings (SSSR count). The molecule has 11 heteroatoms. The Morgan fingerprint density at radius 3 is 2.47 bits per heavy atom. The third kappa shape index (κ3) is 5.54. The number of anilines is 1. The Hall–Kier alpha value is -3.05. The number of carboxylic acid groups (broad SMARTS) is 1. The number of sulfonamides is 1. The number of carbonyl (C=O) groups is 1. The van der Waals surface area contributed by atoms with Crippen LogP contribution >= 0.6 is 11.3 Å². The van der Waals surface area contributed by atoms with Gasteiger partial charge in [-0.15, -0.1) is 11.3 Å². The monoisotopic (exact) mass is 564 g/mol. The van der Waals surface area contributed by atoms with Crippen LogP contribution in [0.1, 0.15) is 66.9 Å². The Balaban J connectivity index is 1.58. The van der Waals surface area contributed by atoms with Crippen LogP contribution in [-0.4, -0.2) is 31.6 Å². The van der Waals surface area contributed by atoms with Crippen LogP contribution in [0, 0.1) is 30.4 Å². The van der Waals surface area contributed by atoms with Gasteiger partial charge < -0.3 is 9.84 Å². The lowest BCUT2D eigenvalue weighted by molar-refractivity contribution is 0.0691. The van der Waals surface area contributed by atoms with Crippen molar-refractivity contribution < 1.29 is 31.8 Å². The molecule has 38 heavy (non-hydrogen) atoms. The smallest absolute Gasteiger partial charge is 0.338 e. The van der Waals surface area contributed by atoms with Gasteiger partial charge in [0.15, 0.2) is 5.03 Å². The molecular weight excluding hydrogens is 534 g/mol. The highest BCUT2D eigenvalue weighted by Gasteiger charge is 2.28. The Bertz CT molecular complexity index is 1460. The summed E-state index contributed by atoms with van der Waals surface area (Å²) in [5.74, 6) is -1.61. The fourth-order valence-electron chi connectivity index (χ4n) is 5.07. The number of thiazole rings is 1. The number of rotatable bonds is 8. The maximum atomic E-state index is 15.5. The van der Waals surface area contributed by atoms with Crippen LogP contribution in [0.25, 0.3) is 10.6 Å². The second-order valence-corrected chi connectivity index (χ2v) is 12.4. The first-order valence-corrected chi connectivity index (χ1v) is 14.7. The first-order valence-electron chi connectivity index (χ1n) is 12.3. The van der Waals surface area contributed by atoms with Crippen LogP contribution in [0.2, 0.25) is 0 Å². The zero-order valence-electron chi connectivity index (χ0n) is 21.5. The van der Waals surface area contributed by atoms with Gasteiger partial charge in [0.25, 0.3) is 10.0 Å². The lowest BCUT2D eigenvalue weighted by Crippen LogP contribution is -2.18. The average molecular weight is 565 g/mol. The van der Waals surface area contributed by atoms with Crippen molar-refractivity contribution in [2.75, 3.05) is 11.8 Å². The standard InChI is InChI=1S/C27H30F2N2O5S2/c1-14(2)16-5-7-17(8-6-16)18-9-10-19(25(29)15(18)3)26-30-24(13-37-26)38(34,35)31-22-12-21(28)20(27(32)33)11-23(22)36-4/h9-14,16-17,31H,5-8H2,1-4H3,(H,32,33). The summed E-state index contributed by atoms with van der Waals surface area (Å²) in [6, 6.07) is 5.18. The van der Waals surface area contributed by atoms with E-state index >= 15 is 4.39 Å². The van der Waals surface area contributed by atoms with Gasteiger partial charge in [0.05, 0.1) is 18.4 Å². The number of benzene rings is 2. The van der Waals surface area contributed by atoms with Gasteiger partial charge >= 0.3 is 5.97 Å². The van der Waals surface area contributed by atoms with E-state index in [4.69, 9.17) is 9.84 Å². The third-order valence-corrected chi connectivity index (χ3v) is 9.61. The lowest BCUT2D eigenvalue weighted by atomic mass is 9.74. The summed E-state index contributed by atoms with van der Waals surface area (Å²) < 4.78 is 62.9. The number of methoxy groups -OCH3 is 1. The van der Waals surface area contributed by atoms with E-state index in [-0.39, 0.29) is 27.0 Å². The van der Waals surface area contributed by atoms with Crippen LogP contribution in [0.15, 0.2) is 34.7 Å². The zero-order chi connectivity index (χ0) is 27.8. The Morgan fingerprint density at radius 1 is 1.18 bits per heavy atom. The van der Waals surface area contributed by atoms with E-state index in [1.165, 1.54) is 12.5 Å². The van der Waals surface area contributed by atoms with Gasteiger partial charge in [0.2, 0.25) is 0 Å². The summed E-state index contributed by atoms with van der Waals surface area (Å²) in [6.07, 6.45) is 4.29. The minimum Gasteiger partial charge on any atom is -0.495 e. The largest absolute Gasteiger partial charge is 0.495 e. The van der Waals surface area contributed by atoms with E-state index in [0.29, 0.717) is 23.3 Å². The predicted molar refractivity (Wildman–Crippen MR) is 143 cm³/mol. The fraction of sp³-hybridized carbons (Fsp3) is 0.407. The Labute approximate surface area is 224 Å². The van der Waals surface area contributed by atoms with Gasteiger partial charge in [-0.2, -0.15) is 8.42 Å². The highest BCUT2D eigenvalue weighted by molar-refractivity contribution is 7.92. The molecule has 1 aliphatic rings. The van der Waals surface area contributed by atoms with Crippen molar-refractivity contribution in [3.05, 3.63) is 58.0 Å². The molecule has 1 aliphatic carbocycles. The van der Waals surface area contributed by atoms with Gasteiger partial charge in [0.1, 0.15) is 22.4 Å². The second-order valence-electron chi connectivity index (χ2n) is 9.93. The molecule has 0 saturated heterocycles. The first kappa shape index (κ1) is 28.0. The van der Waals surface area contributed by atoms with Crippen LogP contribution < -0.4 is 9.46 Å². The van der Waals surface area contributed by atoms with Gasteiger partial charge in [-0.05, 0) is 73.6 Å². The molecule has 7 nitrogen and oxygen atoms in total. The van der Waals surface area contributed by atoms with E-state index in [1.54, 1.807) is 13.0 Å². The molecule has 1 heterocycles. The van der Waals surface area contributed by atoms with Crippen LogP contribution in [0.5, 0.6) is 5.75 Å². The van der Waals surface area contributed by atoms with Crippen molar-refractivity contribution in [2.45, 2.75) is 57.4 Å². The molecule has 0 amide bonds. The summed E-state index contributed by atoms with van der Waals surface area (Å²) in [4.78, 5) is 15.3. The van der Waals surface area contributed by atoms with Crippen molar-refractivity contribution in [3.8, 4) is 16.3 Å². The minimum absolute atomic E-state index is 0.178. The molecule has 0 aliphatic heterocycles.